The molecule has 94 valence electrons. The van der Waals surface area contributed by atoms with Gasteiger partial charge >= 0.3 is 0 Å². The molecule has 0 radical (unpaired) electrons. The van der Waals surface area contributed by atoms with Crippen LogP contribution >= 0.6 is 0 Å². The molecule has 3 aromatic rings. The standard InChI is InChI=1S/C18H10O2/c1-3-17(19-13-1)11-9-15-5-7-16(8-6-15)10-12-18-4-2-14-20-18/h1-8,13-14H. The number of rotatable bonds is 0. The summed E-state index contributed by atoms with van der Waals surface area (Å²) in [5.41, 5.74) is 1.84. The van der Waals surface area contributed by atoms with Gasteiger partial charge in [0.1, 0.15) is 0 Å². The van der Waals surface area contributed by atoms with Crippen LogP contribution in [0.2, 0.25) is 0 Å². The van der Waals surface area contributed by atoms with Crippen LogP contribution in [0.15, 0.2) is 69.9 Å². The third-order valence-corrected chi connectivity index (χ3v) is 2.59. The highest BCUT2D eigenvalue weighted by Crippen LogP contribution is 2.04. The summed E-state index contributed by atoms with van der Waals surface area (Å²) >= 11 is 0. The molecule has 0 bridgehead atoms. The van der Waals surface area contributed by atoms with Gasteiger partial charge in [-0.1, -0.05) is 11.8 Å². The molecule has 3 rings (SSSR count). The van der Waals surface area contributed by atoms with Gasteiger partial charge in [0.25, 0.3) is 0 Å². The van der Waals surface area contributed by atoms with Crippen molar-refractivity contribution < 1.29 is 8.83 Å². The van der Waals surface area contributed by atoms with Gasteiger partial charge in [0.05, 0.1) is 12.5 Å². The molecule has 2 aromatic heterocycles. The zero-order valence-electron chi connectivity index (χ0n) is 10.6. The summed E-state index contributed by atoms with van der Waals surface area (Å²) < 4.78 is 10.3. The first-order chi connectivity index (χ1) is 9.90. The van der Waals surface area contributed by atoms with Crippen LogP contribution in [-0.2, 0) is 0 Å². The van der Waals surface area contributed by atoms with Crippen molar-refractivity contribution in [1.29, 1.82) is 0 Å². The number of furan rings is 2. The maximum atomic E-state index is 5.15. The van der Waals surface area contributed by atoms with Crippen LogP contribution in [0.4, 0.5) is 0 Å². The van der Waals surface area contributed by atoms with Crippen LogP contribution in [-0.4, -0.2) is 0 Å². The minimum atomic E-state index is 0.659. The second kappa shape index (κ2) is 5.69. The number of hydrogen-bond donors (Lipinski definition) is 0. The molecule has 0 saturated carbocycles. The van der Waals surface area contributed by atoms with E-state index in [0.29, 0.717) is 11.5 Å². The Morgan fingerprint density at radius 2 is 1.00 bits per heavy atom. The molecule has 0 saturated heterocycles. The summed E-state index contributed by atoms with van der Waals surface area (Å²) in [7, 11) is 0. The van der Waals surface area contributed by atoms with Crippen molar-refractivity contribution in [3.63, 3.8) is 0 Å². The van der Waals surface area contributed by atoms with Crippen molar-refractivity contribution in [2.75, 3.05) is 0 Å². The van der Waals surface area contributed by atoms with Crippen molar-refractivity contribution in [2.24, 2.45) is 0 Å². The highest BCUT2D eigenvalue weighted by molar-refractivity contribution is 5.45. The predicted molar refractivity (Wildman–Crippen MR) is 75.8 cm³/mol. The summed E-state index contributed by atoms with van der Waals surface area (Å²) in [6, 6.07) is 15.0. The van der Waals surface area contributed by atoms with Gasteiger partial charge in [-0.25, -0.2) is 0 Å². The van der Waals surface area contributed by atoms with E-state index in [9.17, 15) is 0 Å². The topological polar surface area (TPSA) is 26.3 Å². The molecule has 0 aliphatic heterocycles. The van der Waals surface area contributed by atoms with Crippen molar-refractivity contribution in [3.8, 4) is 23.7 Å². The van der Waals surface area contributed by atoms with Gasteiger partial charge in [-0.2, -0.15) is 0 Å². The monoisotopic (exact) mass is 258 g/mol. The summed E-state index contributed by atoms with van der Waals surface area (Å²) in [4.78, 5) is 0. The maximum Gasteiger partial charge on any atom is 0.176 e. The number of hydrogen-bond acceptors (Lipinski definition) is 2. The Labute approximate surface area is 117 Å². The highest BCUT2D eigenvalue weighted by Gasteiger charge is 1.91. The second-order valence-corrected chi connectivity index (χ2v) is 4.03. The third kappa shape index (κ3) is 3.02. The lowest BCUT2D eigenvalue weighted by Gasteiger charge is -1.91. The molecular weight excluding hydrogens is 248 g/mol. The smallest absolute Gasteiger partial charge is 0.176 e. The Morgan fingerprint density at radius 1 is 0.550 bits per heavy atom. The molecule has 2 heteroatoms. The van der Waals surface area contributed by atoms with Gasteiger partial charge in [-0.15, -0.1) is 0 Å². The Kier molecular flexibility index (Phi) is 3.40. The molecule has 0 atom stereocenters. The van der Waals surface area contributed by atoms with Gasteiger partial charge in [0, 0.05) is 11.1 Å². The molecule has 20 heavy (non-hydrogen) atoms. The largest absolute Gasteiger partial charge is 0.456 e. The van der Waals surface area contributed by atoms with E-state index in [2.05, 4.69) is 23.7 Å². The molecule has 0 unspecified atom stereocenters. The number of benzene rings is 1. The second-order valence-electron chi connectivity index (χ2n) is 4.03. The van der Waals surface area contributed by atoms with Gasteiger partial charge in [0.15, 0.2) is 11.5 Å². The summed E-state index contributed by atoms with van der Waals surface area (Å²) in [6.07, 6.45) is 3.22. The minimum Gasteiger partial charge on any atom is -0.456 e. The molecule has 2 nitrogen and oxygen atoms in total. The first-order valence-corrected chi connectivity index (χ1v) is 6.11. The Bertz CT molecular complexity index is 713. The zero-order valence-corrected chi connectivity index (χ0v) is 10.6. The van der Waals surface area contributed by atoms with Crippen molar-refractivity contribution >= 4 is 0 Å². The molecule has 0 aliphatic rings. The molecule has 0 spiro atoms. The van der Waals surface area contributed by atoms with Crippen LogP contribution in [0, 0.1) is 23.7 Å². The summed E-state index contributed by atoms with van der Waals surface area (Å²) in [5, 5.41) is 0. The lowest BCUT2D eigenvalue weighted by Crippen LogP contribution is -1.77. The van der Waals surface area contributed by atoms with Gasteiger partial charge in [-0.3, -0.25) is 0 Å². The van der Waals surface area contributed by atoms with Crippen LogP contribution in [0.1, 0.15) is 22.6 Å². The van der Waals surface area contributed by atoms with E-state index in [1.165, 1.54) is 0 Å². The molecule has 2 heterocycles. The molecule has 1 aromatic carbocycles. The molecule has 0 aliphatic carbocycles. The van der Waals surface area contributed by atoms with E-state index < -0.39 is 0 Å². The van der Waals surface area contributed by atoms with Crippen LogP contribution in [0.3, 0.4) is 0 Å². The van der Waals surface area contributed by atoms with Crippen LogP contribution < -0.4 is 0 Å². The van der Waals surface area contributed by atoms with Crippen molar-refractivity contribution in [2.45, 2.75) is 0 Å². The predicted octanol–water partition coefficient (Wildman–Crippen LogP) is 3.67. The third-order valence-electron chi connectivity index (χ3n) is 2.59. The molecule has 0 amide bonds. The molecule has 0 N–H and O–H groups in total. The SMILES string of the molecule is C(#Cc1ccco1)c1ccc(C#Cc2ccco2)cc1. The summed E-state index contributed by atoms with van der Waals surface area (Å²) in [6.45, 7) is 0. The van der Waals surface area contributed by atoms with E-state index in [0.717, 1.165) is 11.1 Å². The maximum absolute atomic E-state index is 5.15. The van der Waals surface area contributed by atoms with E-state index in [4.69, 9.17) is 8.83 Å². The highest BCUT2D eigenvalue weighted by atomic mass is 16.3. The van der Waals surface area contributed by atoms with Gasteiger partial charge in [0.2, 0.25) is 0 Å². The van der Waals surface area contributed by atoms with Crippen LogP contribution in [0.25, 0.3) is 0 Å². The quantitative estimate of drug-likeness (QED) is 0.575. The zero-order chi connectivity index (χ0) is 13.6. The fourth-order valence-electron chi connectivity index (χ4n) is 1.60. The first-order valence-electron chi connectivity index (χ1n) is 6.11. The Morgan fingerprint density at radius 3 is 1.35 bits per heavy atom. The lowest BCUT2D eigenvalue weighted by atomic mass is 10.1. The van der Waals surface area contributed by atoms with Crippen molar-refractivity contribution in [1.82, 2.24) is 0 Å². The Hall–Kier alpha value is -3.10. The average Bonchev–Trinajstić information content (AvgIpc) is 3.17. The fraction of sp³-hybridized carbons (Fsp3) is 0. The fourth-order valence-corrected chi connectivity index (χ4v) is 1.60. The average molecular weight is 258 g/mol. The minimum absolute atomic E-state index is 0.659. The Balaban J connectivity index is 1.75. The van der Waals surface area contributed by atoms with E-state index >= 15 is 0 Å². The summed E-state index contributed by atoms with van der Waals surface area (Å²) in [5.74, 6) is 13.3. The van der Waals surface area contributed by atoms with E-state index in [1.54, 1.807) is 12.5 Å². The molecular formula is C18H10O2. The first kappa shape index (κ1) is 12.0. The van der Waals surface area contributed by atoms with Crippen LogP contribution in [0.5, 0.6) is 0 Å². The normalized spacial score (nSPS) is 9.20. The van der Waals surface area contributed by atoms with Gasteiger partial charge < -0.3 is 8.83 Å². The van der Waals surface area contributed by atoms with E-state index in [1.807, 2.05) is 48.5 Å². The van der Waals surface area contributed by atoms with Crippen molar-refractivity contribution in [3.05, 3.63) is 83.7 Å². The van der Waals surface area contributed by atoms with Gasteiger partial charge in [-0.05, 0) is 60.4 Å². The molecule has 0 fully saturated rings. The van der Waals surface area contributed by atoms with E-state index in [-0.39, 0.29) is 0 Å². The lowest BCUT2D eigenvalue weighted by molar-refractivity contribution is 0.554.